The zero-order chi connectivity index (χ0) is 18.4. The Bertz CT molecular complexity index is 739. The second-order valence-corrected chi connectivity index (χ2v) is 9.59. The van der Waals surface area contributed by atoms with Crippen molar-refractivity contribution < 1.29 is 4.74 Å². The van der Waals surface area contributed by atoms with Gasteiger partial charge in [-0.25, -0.2) is 0 Å². The molecule has 0 amide bonds. The van der Waals surface area contributed by atoms with E-state index in [9.17, 15) is 0 Å². The summed E-state index contributed by atoms with van der Waals surface area (Å²) in [4.78, 5) is 7.01. The van der Waals surface area contributed by atoms with Gasteiger partial charge in [-0.2, -0.15) is 0 Å². The number of pyridine rings is 1. The van der Waals surface area contributed by atoms with Crippen LogP contribution in [-0.2, 0) is 0 Å². The molecule has 0 saturated carbocycles. The number of halogens is 1. The summed E-state index contributed by atoms with van der Waals surface area (Å²) in [6.07, 6.45) is 3.02. The van der Waals surface area contributed by atoms with Gasteiger partial charge in [-0.05, 0) is 50.5 Å². The smallest absolute Gasteiger partial charge is 0.130 e. The van der Waals surface area contributed by atoms with Crippen LogP contribution in [-0.4, -0.2) is 34.1 Å². The lowest BCUT2D eigenvalue weighted by Crippen LogP contribution is -2.49. The summed E-state index contributed by atoms with van der Waals surface area (Å²) < 4.78 is 6.45. The van der Waals surface area contributed by atoms with Gasteiger partial charge >= 0.3 is 0 Å². The van der Waals surface area contributed by atoms with E-state index in [4.69, 9.17) is 16.3 Å². The minimum Gasteiger partial charge on any atom is -0.488 e. The second kappa shape index (κ2) is 6.44. The van der Waals surface area contributed by atoms with Crippen molar-refractivity contribution in [1.29, 1.82) is 0 Å². The Balaban J connectivity index is 1.87. The molecule has 1 aliphatic heterocycles. The molecule has 0 spiro atoms. The zero-order valence-electron chi connectivity index (χ0n) is 16.1. The maximum atomic E-state index is 6.45. The molecule has 25 heavy (non-hydrogen) atoms. The molecule has 1 aliphatic rings. The highest BCUT2D eigenvalue weighted by Crippen LogP contribution is 2.39. The Morgan fingerprint density at radius 1 is 1.12 bits per heavy atom. The fourth-order valence-corrected chi connectivity index (χ4v) is 3.99. The van der Waals surface area contributed by atoms with E-state index in [0.717, 1.165) is 29.6 Å². The second-order valence-electron chi connectivity index (χ2n) is 9.15. The molecule has 3 nitrogen and oxygen atoms in total. The van der Waals surface area contributed by atoms with E-state index < -0.39 is 0 Å². The molecule has 0 radical (unpaired) electrons. The van der Waals surface area contributed by atoms with Crippen molar-refractivity contribution in [3.05, 3.63) is 35.5 Å². The summed E-state index contributed by atoms with van der Waals surface area (Å²) in [7, 11) is 0. The van der Waals surface area contributed by atoms with Crippen LogP contribution < -0.4 is 4.74 Å². The van der Waals surface area contributed by atoms with Crippen molar-refractivity contribution in [2.75, 3.05) is 6.54 Å². The fraction of sp³-hybridized carbons (Fsp3) is 0.571. The summed E-state index contributed by atoms with van der Waals surface area (Å²) >= 11 is 6.09. The van der Waals surface area contributed by atoms with Gasteiger partial charge in [0.15, 0.2) is 0 Å². The van der Waals surface area contributed by atoms with E-state index in [2.05, 4.69) is 51.4 Å². The third-order valence-electron chi connectivity index (χ3n) is 5.08. The summed E-state index contributed by atoms with van der Waals surface area (Å²) in [6, 6.07) is 8.24. The largest absolute Gasteiger partial charge is 0.488 e. The third kappa shape index (κ3) is 3.93. The van der Waals surface area contributed by atoms with Crippen molar-refractivity contribution in [2.45, 2.75) is 65.6 Å². The lowest BCUT2D eigenvalue weighted by Gasteiger charge is -2.42. The standard InChI is InChI=1S/C21H29ClN2O/c1-20(2,3)19-12-15(13-24(19)21(4,5)6)25-18-9-10-23-17-11-14(22)7-8-16(17)18/h7-11,15,19H,12-13H2,1-6H3. The molecule has 1 saturated heterocycles. The Morgan fingerprint density at radius 3 is 2.44 bits per heavy atom. The van der Waals surface area contributed by atoms with Gasteiger partial charge in [0.25, 0.3) is 0 Å². The zero-order valence-corrected chi connectivity index (χ0v) is 16.9. The number of nitrogens with zero attached hydrogens (tertiary/aromatic N) is 2. The molecule has 0 N–H and O–H groups in total. The Labute approximate surface area is 156 Å². The van der Waals surface area contributed by atoms with Gasteiger partial charge in [-0.3, -0.25) is 9.88 Å². The first kappa shape index (κ1) is 18.5. The normalized spacial score (nSPS) is 22.5. The first-order valence-electron chi connectivity index (χ1n) is 9.03. The molecule has 0 bridgehead atoms. The topological polar surface area (TPSA) is 25.4 Å². The molecular formula is C21H29ClN2O. The number of benzene rings is 1. The van der Waals surface area contributed by atoms with Gasteiger partial charge < -0.3 is 4.74 Å². The molecule has 2 heterocycles. The molecule has 1 aromatic carbocycles. The van der Waals surface area contributed by atoms with Crippen LogP contribution in [0.15, 0.2) is 30.5 Å². The van der Waals surface area contributed by atoms with E-state index in [-0.39, 0.29) is 17.1 Å². The summed E-state index contributed by atoms with van der Waals surface area (Å²) in [6.45, 7) is 14.8. The van der Waals surface area contributed by atoms with Crippen LogP contribution in [0, 0.1) is 5.41 Å². The Kier molecular flexibility index (Phi) is 4.76. The molecule has 2 aromatic rings. The Hall–Kier alpha value is -1.32. The fourth-order valence-electron chi connectivity index (χ4n) is 3.82. The van der Waals surface area contributed by atoms with Crippen LogP contribution in [0.4, 0.5) is 0 Å². The van der Waals surface area contributed by atoms with Crippen LogP contribution in [0.2, 0.25) is 5.02 Å². The van der Waals surface area contributed by atoms with Gasteiger partial charge in [-0.1, -0.05) is 32.4 Å². The molecule has 136 valence electrons. The average Bonchev–Trinajstić information content (AvgIpc) is 2.91. The molecule has 2 atom stereocenters. The van der Waals surface area contributed by atoms with Gasteiger partial charge in [-0.15, -0.1) is 0 Å². The summed E-state index contributed by atoms with van der Waals surface area (Å²) in [5.41, 5.74) is 1.23. The number of ether oxygens (including phenoxy) is 1. The van der Waals surface area contributed by atoms with Crippen molar-refractivity contribution in [2.24, 2.45) is 5.41 Å². The molecule has 0 aliphatic carbocycles. The molecular weight excluding hydrogens is 332 g/mol. The quantitative estimate of drug-likeness (QED) is 0.701. The van der Waals surface area contributed by atoms with E-state index in [1.165, 1.54) is 0 Å². The highest BCUT2D eigenvalue weighted by molar-refractivity contribution is 6.31. The maximum Gasteiger partial charge on any atom is 0.130 e. The number of hydrogen-bond acceptors (Lipinski definition) is 3. The molecule has 1 aromatic heterocycles. The van der Waals surface area contributed by atoms with Crippen LogP contribution in [0.1, 0.15) is 48.0 Å². The van der Waals surface area contributed by atoms with E-state index in [1.54, 1.807) is 6.20 Å². The Morgan fingerprint density at radius 2 is 1.84 bits per heavy atom. The minimum atomic E-state index is 0.129. The highest BCUT2D eigenvalue weighted by atomic mass is 35.5. The number of rotatable bonds is 2. The molecule has 4 heteroatoms. The van der Waals surface area contributed by atoms with Gasteiger partial charge in [0.1, 0.15) is 11.9 Å². The predicted octanol–water partition coefficient (Wildman–Crippen LogP) is 5.55. The van der Waals surface area contributed by atoms with E-state index in [0.29, 0.717) is 11.1 Å². The minimum absolute atomic E-state index is 0.129. The van der Waals surface area contributed by atoms with Crippen LogP contribution in [0.25, 0.3) is 10.9 Å². The first-order chi connectivity index (χ1) is 11.6. The van der Waals surface area contributed by atoms with Crippen molar-refractivity contribution in [3.63, 3.8) is 0 Å². The summed E-state index contributed by atoms with van der Waals surface area (Å²) in [5.74, 6) is 0.898. The number of fused-ring (bicyclic) bond motifs is 1. The molecule has 3 rings (SSSR count). The number of likely N-dealkylation sites (tertiary alicyclic amines) is 1. The highest BCUT2D eigenvalue weighted by Gasteiger charge is 2.44. The first-order valence-corrected chi connectivity index (χ1v) is 9.41. The van der Waals surface area contributed by atoms with Gasteiger partial charge in [0.05, 0.1) is 5.52 Å². The SMILES string of the molecule is CC(C)(C)C1CC(Oc2ccnc3cc(Cl)ccc23)CN1C(C)(C)C. The summed E-state index contributed by atoms with van der Waals surface area (Å²) in [5, 5.41) is 1.72. The van der Waals surface area contributed by atoms with E-state index in [1.807, 2.05) is 24.3 Å². The lowest BCUT2D eigenvalue weighted by atomic mass is 9.83. The van der Waals surface area contributed by atoms with E-state index >= 15 is 0 Å². The van der Waals surface area contributed by atoms with Crippen LogP contribution in [0.5, 0.6) is 5.75 Å². The van der Waals surface area contributed by atoms with Gasteiger partial charge in [0, 0.05) is 41.2 Å². The maximum absolute atomic E-state index is 6.45. The monoisotopic (exact) mass is 360 g/mol. The third-order valence-corrected chi connectivity index (χ3v) is 5.32. The van der Waals surface area contributed by atoms with Gasteiger partial charge in [0.2, 0.25) is 0 Å². The van der Waals surface area contributed by atoms with Crippen molar-refractivity contribution >= 4 is 22.5 Å². The molecule has 1 fully saturated rings. The molecule has 2 unspecified atom stereocenters. The van der Waals surface area contributed by atoms with Crippen molar-refractivity contribution in [1.82, 2.24) is 9.88 Å². The average molecular weight is 361 g/mol. The predicted molar refractivity (Wildman–Crippen MR) is 105 cm³/mol. The lowest BCUT2D eigenvalue weighted by molar-refractivity contribution is 0.0559. The van der Waals surface area contributed by atoms with Crippen molar-refractivity contribution in [3.8, 4) is 5.75 Å². The van der Waals surface area contributed by atoms with Crippen LogP contribution >= 0.6 is 11.6 Å². The van der Waals surface area contributed by atoms with Crippen LogP contribution in [0.3, 0.4) is 0 Å². The number of hydrogen-bond donors (Lipinski definition) is 0. The number of aromatic nitrogens is 1.